The lowest BCUT2D eigenvalue weighted by atomic mass is 10.9. The molecule has 0 spiro atoms. The molecule has 23 heavy (non-hydrogen) atoms. The highest BCUT2D eigenvalue weighted by Gasteiger charge is 2.60. The highest BCUT2D eigenvalue weighted by molar-refractivity contribution is 6.81. The monoisotopic (exact) mass is 384 g/mol. The van der Waals surface area contributed by atoms with Gasteiger partial charge in [0.15, 0.2) is 0 Å². The summed E-state index contributed by atoms with van der Waals surface area (Å²) < 4.78 is 44.9. The van der Waals surface area contributed by atoms with E-state index in [-0.39, 0.29) is 13.2 Å². The zero-order valence-electron chi connectivity index (χ0n) is 14.7. The van der Waals surface area contributed by atoms with Crippen molar-refractivity contribution in [1.82, 2.24) is 0 Å². The minimum absolute atomic E-state index is 0.288. The molecule has 0 saturated heterocycles. The largest absolute Gasteiger partial charge is 0.665 e. The summed E-state index contributed by atoms with van der Waals surface area (Å²) in [4.78, 5) is 0. The summed E-state index contributed by atoms with van der Waals surface area (Å²) in [5, 5.41) is 0. The van der Waals surface area contributed by atoms with Gasteiger partial charge in [-0.05, 0) is 25.2 Å². The molecule has 0 aromatic heterocycles. The van der Waals surface area contributed by atoms with Crippen LogP contribution in [-0.4, -0.2) is 68.3 Å². The molecular weight excluding hydrogens is 356 g/mol. The van der Waals surface area contributed by atoms with Crippen LogP contribution in [0, 0.1) is 0 Å². The van der Waals surface area contributed by atoms with E-state index in [2.05, 4.69) is 13.2 Å². The molecule has 0 fully saturated rings. The fraction of sp³-hybridized carbons (Fsp3) is 0.667. The van der Waals surface area contributed by atoms with Gasteiger partial charge in [-0.15, -0.1) is 0 Å². The van der Waals surface area contributed by atoms with Crippen LogP contribution in [0.3, 0.4) is 0 Å². The van der Waals surface area contributed by atoms with Crippen molar-refractivity contribution in [2.24, 2.45) is 0 Å². The van der Waals surface area contributed by atoms with Crippen LogP contribution in [0.15, 0.2) is 24.6 Å². The van der Waals surface area contributed by atoms with Gasteiger partial charge in [0.05, 0.1) is 0 Å². The lowest BCUT2D eigenvalue weighted by molar-refractivity contribution is -0.00348. The molecule has 0 aliphatic carbocycles. The summed E-state index contributed by atoms with van der Waals surface area (Å²) in [5.41, 5.74) is 2.93. The molecule has 0 saturated carbocycles. The maximum atomic E-state index is 5.99. The summed E-state index contributed by atoms with van der Waals surface area (Å²) >= 11 is 0. The highest BCUT2D eigenvalue weighted by atomic mass is 28.5. The van der Waals surface area contributed by atoms with Gasteiger partial charge in [0.1, 0.15) is 0 Å². The van der Waals surface area contributed by atoms with Gasteiger partial charge in [0.25, 0.3) is 0 Å². The molecule has 0 N–H and O–H groups in total. The summed E-state index contributed by atoms with van der Waals surface area (Å²) in [6.45, 7) is 11.6. The Morgan fingerprint density at radius 2 is 1.00 bits per heavy atom. The molecule has 0 aromatic rings. The van der Waals surface area contributed by atoms with Gasteiger partial charge < -0.3 is 34.8 Å². The van der Waals surface area contributed by atoms with Gasteiger partial charge in [-0.3, -0.25) is 0 Å². The van der Waals surface area contributed by atoms with E-state index in [0.717, 1.165) is 0 Å². The van der Waals surface area contributed by atoms with Crippen molar-refractivity contribution in [2.75, 3.05) is 41.7 Å². The van der Waals surface area contributed by atoms with Gasteiger partial charge in [0, 0.05) is 41.7 Å². The maximum absolute atomic E-state index is 5.99. The van der Waals surface area contributed by atoms with Crippen molar-refractivity contribution in [3.05, 3.63) is 24.6 Å². The molecule has 0 unspecified atom stereocenters. The van der Waals surface area contributed by atoms with Crippen LogP contribution in [-0.2, 0) is 34.8 Å². The first-order valence-corrected chi connectivity index (χ1v) is 12.3. The van der Waals surface area contributed by atoms with E-state index in [4.69, 9.17) is 34.8 Å². The SMILES string of the molecule is C=C[Si](OC)(OC)O[Si](OCC)(OCC)O[Si](C=C)(OC)OC. The predicted octanol–water partition coefficient (Wildman–Crippen LogP) is 1.44. The van der Waals surface area contributed by atoms with Gasteiger partial charge in [-0.2, -0.15) is 0 Å². The fourth-order valence-corrected chi connectivity index (χ4v) is 9.69. The van der Waals surface area contributed by atoms with Gasteiger partial charge in [-0.25, -0.2) is 0 Å². The summed E-state index contributed by atoms with van der Waals surface area (Å²) in [7, 11) is -4.36. The third-order valence-corrected chi connectivity index (χ3v) is 11.7. The van der Waals surface area contributed by atoms with Gasteiger partial charge in [-0.1, -0.05) is 13.2 Å². The van der Waals surface area contributed by atoms with Crippen LogP contribution in [0.5, 0.6) is 0 Å². The number of hydrogen-bond donors (Lipinski definition) is 0. The number of hydrogen-bond acceptors (Lipinski definition) is 8. The highest BCUT2D eigenvalue weighted by Crippen LogP contribution is 2.25. The number of rotatable bonds is 14. The van der Waals surface area contributed by atoms with Crippen molar-refractivity contribution < 1.29 is 34.8 Å². The quantitative estimate of drug-likeness (QED) is 0.417. The molecule has 8 nitrogen and oxygen atoms in total. The molecular formula is C12H28O8Si3. The lowest BCUT2D eigenvalue weighted by Crippen LogP contribution is -2.64. The molecule has 0 amide bonds. The maximum Gasteiger partial charge on any atom is 0.665 e. The van der Waals surface area contributed by atoms with E-state index in [0.29, 0.717) is 0 Å². The zero-order valence-corrected chi connectivity index (χ0v) is 17.7. The molecule has 0 aliphatic rings. The molecule has 0 radical (unpaired) electrons. The van der Waals surface area contributed by atoms with Crippen molar-refractivity contribution in [3.8, 4) is 0 Å². The molecule has 0 aromatic carbocycles. The Morgan fingerprint density at radius 3 is 1.17 bits per heavy atom. The average Bonchev–Trinajstić information content (AvgIpc) is 2.58. The van der Waals surface area contributed by atoms with Crippen molar-refractivity contribution in [2.45, 2.75) is 13.8 Å². The fourth-order valence-electron chi connectivity index (χ4n) is 1.63. The third kappa shape index (κ3) is 5.99. The summed E-state index contributed by atoms with van der Waals surface area (Å²) in [5.74, 6) is 0. The Labute approximate surface area is 142 Å². The van der Waals surface area contributed by atoms with Crippen molar-refractivity contribution in [1.29, 1.82) is 0 Å². The van der Waals surface area contributed by atoms with E-state index in [1.54, 1.807) is 13.8 Å². The smallest absolute Gasteiger partial charge is 0.374 e. The Balaban J connectivity index is 5.79. The van der Waals surface area contributed by atoms with E-state index >= 15 is 0 Å². The minimum atomic E-state index is -3.71. The molecule has 0 atom stereocenters. The van der Waals surface area contributed by atoms with Crippen LogP contribution in [0.2, 0.25) is 0 Å². The first-order valence-electron chi connectivity index (χ1n) is 7.06. The minimum Gasteiger partial charge on any atom is -0.374 e. The van der Waals surface area contributed by atoms with E-state index in [1.807, 2.05) is 0 Å². The first-order chi connectivity index (χ1) is 10.9. The molecule has 136 valence electrons. The van der Waals surface area contributed by atoms with Crippen molar-refractivity contribution in [3.63, 3.8) is 0 Å². The second-order valence-electron chi connectivity index (χ2n) is 4.00. The summed E-state index contributed by atoms with van der Waals surface area (Å²) in [6, 6.07) is 0. The standard InChI is InChI=1S/C12H28O8Si3/c1-9-17-23(18-10-2,19-21(11-3,13-5)14-6)20-22(12-4,15-7)16-8/h11-12H,3-4,9-10H2,1-2,5-8H3. The van der Waals surface area contributed by atoms with E-state index in [1.165, 1.54) is 39.8 Å². The molecule has 0 aliphatic heterocycles. The molecule has 0 heterocycles. The molecule has 11 heteroatoms. The first kappa shape index (κ1) is 22.8. The Kier molecular flexibility index (Phi) is 10.5. The second kappa shape index (κ2) is 10.6. The zero-order chi connectivity index (χ0) is 18.0. The van der Waals surface area contributed by atoms with Gasteiger partial charge >= 0.3 is 26.7 Å². The van der Waals surface area contributed by atoms with Crippen LogP contribution < -0.4 is 0 Å². The van der Waals surface area contributed by atoms with E-state index < -0.39 is 26.7 Å². The van der Waals surface area contributed by atoms with Crippen LogP contribution in [0.25, 0.3) is 0 Å². The van der Waals surface area contributed by atoms with Crippen LogP contribution >= 0.6 is 0 Å². The molecule has 0 bridgehead atoms. The normalized spacial score (nSPS) is 13.1. The van der Waals surface area contributed by atoms with E-state index in [9.17, 15) is 0 Å². The lowest BCUT2D eigenvalue weighted by Gasteiger charge is -2.37. The average molecular weight is 385 g/mol. The van der Waals surface area contributed by atoms with Crippen LogP contribution in [0.4, 0.5) is 0 Å². The third-order valence-electron chi connectivity index (χ3n) is 2.81. The Hall–Kier alpha value is -0.189. The molecule has 0 rings (SSSR count). The van der Waals surface area contributed by atoms with Crippen molar-refractivity contribution >= 4 is 26.7 Å². The predicted molar refractivity (Wildman–Crippen MR) is 91.1 cm³/mol. The van der Waals surface area contributed by atoms with Gasteiger partial charge in [0.2, 0.25) is 0 Å². The second-order valence-corrected chi connectivity index (χ2v) is 12.1. The Morgan fingerprint density at radius 1 is 0.696 bits per heavy atom. The Bertz CT molecular complexity index is 326. The topological polar surface area (TPSA) is 73.8 Å². The van der Waals surface area contributed by atoms with Crippen LogP contribution in [0.1, 0.15) is 13.8 Å². The summed E-state index contributed by atoms with van der Waals surface area (Å²) in [6.07, 6.45) is 0.